The molecule has 6 heteroatoms. The molecule has 0 saturated carbocycles. The van der Waals surface area contributed by atoms with Gasteiger partial charge in [0, 0.05) is 0 Å². The van der Waals surface area contributed by atoms with Gasteiger partial charge in [-0.2, -0.15) is 0 Å². The van der Waals surface area contributed by atoms with E-state index in [-0.39, 0.29) is 13.0 Å². The number of hydrogen-bond donors (Lipinski definition) is 2. The monoisotopic (exact) mass is 357 g/mol. The van der Waals surface area contributed by atoms with Crippen LogP contribution in [0.3, 0.4) is 0 Å². The van der Waals surface area contributed by atoms with Crippen molar-refractivity contribution in [2.24, 2.45) is 0 Å². The second-order valence-corrected chi connectivity index (χ2v) is 5.79. The number of hydrogen-bond acceptors (Lipinski definition) is 5. The van der Waals surface area contributed by atoms with Gasteiger partial charge in [-0.3, -0.25) is 0 Å². The molecule has 138 valence electrons. The van der Waals surface area contributed by atoms with Crippen molar-refractivity contribution >= 4 is 12.1 Å². The van der Waals surface area contributed by atoms with Crippen LogP contribution >= 0.6 is 0 Å². The van der Waals surface area contributed by atoms with Crippen molar-refractivity contribution in [1.29, 1.82) is 0 Å². The molecule has 2 unspecified atom stereocenters. The van der Waals surface area contributed by atoms with Gasteiger partial charge in [0.25, 0.3) is 0 Å². The third kappa shape index (κ3) is 6.22. The Balaban J connectivity index is 1.86. The summed E-state index contributed by atoms with van der Waals surface area (Å²) in [6.07, 6.45) is -0.921. The molecule has 0 saturated heterocycles. The van der Waals surface area contributed by atoms with Crippen molar-refractivity contribution in [1.82, 2.24) is 5.32 Å². The zero-order valence-corrected chi connectivity index (χ0v) is 14.6. The summed E-state index contributed by atoms with van der Waals surface area (Å²) in [4.78, 5) is 23.9. The van der Waals surface area contributed by atoms with Crippen LogP contribution in [0.15, 0.2) is 60.7 Å². The fourth-order valence-electron chi connectivity index (χ4n) is 2.46. The van der Waals surface area contributed by atoms with Crippen molar-refractivity contribution in [2.45, 2.75) is 31.6 Å². The highest BCUT2D eigenvalue weighted by Gasteiger charge is 2.23. The Morgan fingerprint density at radius 3 is 2.23 bits per heavy atom. The molecule has 2 atom stereocenters. The molecule has 0 bridgehead atoms. The van der Waals surface area contributed by atoms with Crippen LogP contribution in [0.1, 0.15) is 30.1 Å². The Morgan fingerprint density at radius 2 is 1.62 bits per heavy atom. The third-order valence-electron chi connectivity index (χ3n) is 3.90. The molecule has 2 rings (SSSR count). The first kappa shape index (κ1) is 19.5. The van der Waals surface area contributed by atoms with E-state index in [0.717, 1.165) is 11.1 Å². The molecular weight excluding hydrogens is 334 g/mol. The van der Waals surface area contributed by atoms with Crippen LogP contribution < -0.4 is 5.32 Å². The van der Waals surface area contributed by atoms with Gasteiger partial charge in [0.15, 0.2) is 0 Å². The van der Waals surface area contributed by atoms with E-state index in [0.29, 0.717) is 6.42 Å². The van der Waals surface area contributed by atoms with Gasteiger partial charge in [0.2, 0.25) is 0 Å². The number of rotatable bonds is 8. The molecule has 0 heterocycles. The lowest BCUT2D eigenvalue weighted by atomic mass is 10.0. The maximum atomic E-state index is 12.0. The number of benzene rings is 2. The van der Waals surface area contributed by atoms with Crippen molar-refractivity contribution in [3.05, 3.63) is 71.8 Å². The molecule has 2 aromatic carbocycles. The Bertz CT molecular complexity index is 690. The van der Waals surface area contributed by atoms with Gasteiger partial charge < -0.3 is 19.9 Å². The highest BCUT2D eigenvalue weighted by atomic mass is 16.6. The highest BCUT2D eigenvalue weighted by molar-refractivity contribution is 5.81. The van der Waals surface area contributed by atoms with Gasteiger partial charge in [-0.1, -0.05) is 60.7 Å². The maximum absolute atomic E-state index is 12.0. The number of methoxy groups -OCH3 is 1. The average molecular weight is 357 g/mol. The van der Waals surface area contributed by atoms with Gasteiger partial charge in [-0.05, 0) is 24.0 Å². The number of alkyl carbamates (subject to hydrolysis) is 1. The number of carbonyl (C=O) groups excluding carboxylic acids is 2. The largest absolute Gasteiger partial charge is 0.467 e. The quantitative estimate of drug-likeness (QED) is 0.710. The van der Waals surface area contributed by atoms with Crippen LogP contribution in [-0.2, 0) is 20.9 Å². The predicted octanol–water partition coefficient (Wildman–Crippen LogP) is 2.97. The number of esters is 1. The number of aliphatic hydroxyl groups excluding tert-OH is 1. The summed E-state index contributed by atoms with van der Waals surface area (Å²) >= 11 is 0. The summed E-state index contributed by atoms with van der Waals surface area (Å²) in [5.74, 6) is -0.582. The molecule has 2 aromatic rings. The molecule has 0 fully saturated rings. The molecule has 6 nitrogen and oxygen atoms in total. The molecule has 0 spiro atoms. The Morgan fingerprint density at radius 1 is 1.00 bits per heavy atom. The molecule has 0 aliphatic carbocycles. The first-order chi connectivity index (χ1) is 12.6. The predicted molar refractivity (Wildman–Crippen MR) is 96.2 cm³/mol. The topological polar surface area (TPSA) is 84.9 Å². The molecular formula is C20H23NO5. The van der Waals surface area contributed by atoms with Gasteiger partial charge in [-0.15, -0.1) is 0 Å². The minimum atomic E-state index is -0.887. The second kappa shape index (κ2) is 10.2. The van der Waals surface area contributed by atoms with Gasteiger partial charge in [-0.25, -0.2) is 9.59 Å². The maximum Gasteiger partial charge on any atom is 0.408 e. The summed E-state index contributed by atoms with van der Waals surface area (Å²) in [5.41, 5.74) is 1.60. The van der Waals surface area contributed by atoms with E-state index in [9.17, 15) is 14.7 Å². The van der Waals surface area contributed by atoms with Crippen LogP contribution in [0.2, 0.25) is 0 Å². The number of amides is 1. The van der Waals surface area contributed by atoms with Crippen LogP contribution in [-0.4, -0.2) is 30.3 Å². The zero-order chi connectivity index (χ0) is 18.8. The van der Waals surface area contributed by atoms with Gasteiger partial charge in [0.05, 0.1) is 13.2 Å². The fourth-order valence-corrected chi connectivity index (χ4v) is 2.46. The molecule has 0 radical (unpaired) electrons. The minimum absolute atomic E-state index is 0.104. The van der Waals surface area contributed by atoms with Gasteiger partial charge >= 0.3 is 12.1 Å². The minimum Gasteiger partial charge on any atom is -0.467 e. The van der Waals surface area contributed by atoms with Crippen molar-refractivity contribution in [3.63, 3.8) is 0 Å². The molecule has 26 heavy (non-hydrogen) atoms. The van der Waals surface area contributed by atoms with Crippen LogP contribution in [0.25, 0.3) is 0 Å². The van der Waals surface area contributed by atoms with E-state index in [4.69, 9.17) is 9.47 Å². The van der Waals surface area contributed by atoms with Crippen molar-refractivity contribution in [3.8, 4) is 0 Å². The summed E-state index contributed by atoms with van der Waals surface area (Å²) in [6, 6.07) is 17.5. The Kier molecular flexibility index (Phi) is 7.64. The SMILES string of the molecule is COC(=O)C(CCC(O)c1ccccc1)NC(=O)OCc1ccccc1. The number of carbonyl (C=O) groups is 2. The standard InChI is InChI=1S/C20H23NO5/c1-25-19(23)17(12-13-18(22)16-10-6-3-7-11-16)21-20(24)26-14-15-8-4-2-5-9-15/h2-11,17-18,22H,12-14H2,1H3,(H,21,24). The van der Waals surface area contributed by atoms with Crippen molar-refractivity contribution in [2.75, 3.05) is 7.11 Å². The van der Waals surface area contributed by atoms with Crippen molar-refractivity contribution < 1.29 is 24.2 Å². The molecule has 2 N–H and O–H groups in total. The molecule has 0 aromatic heterocycles. The van der Waals surface area contributed by atoms with Crippen LogP contribution in [0.5, 0.6) is 0 Å². The van der Waals surface area contributed by atoms with E-state index in [2.05, 4.69) is 5.32 Å². The summed E-state index contributed by atoms with van der Waals surface area (Å²) in [6.45, 7) is 0.104. The fraction of sp³-hybridized carbons (Fsp3) is 0.300. The molecule has 1 amide bonds. The van der Waals surface area contributed by atoms with Crippen LogP contribution in [0.4, 0.5) is 4.79 Å². The number of aliphatic hydroxyl groups is 1. The lowest BCUT2D eigenvalue weighted by Crippen LogP contribution is -2.42. The van der Waals surface area contributed by atoms with E-state index in [1.165, 1.54) is 7.11 Å². The lowest BCUT2D eigenvalue weighted by molar-refractivity contribution is -0.143. The number of ether oxygens (including phenoxy) is 2. The first-order valence-electron chi connectivity index (χ1n) is 8.38. The smallest absolute Gasteiger partial charge is 0.408 e. The van der Waals surface area contributed by atoms with E-state index >= 15 is 0 Å². The van der Waals surface area contributed by atoms with Gasteiger partial charge in [0.1, 0.15) is 12.6 Å². The Hall–Kier alpha value is -2.86. The van der Waals surface area contributed by atoms with E-state index in [1.54, 1.807) is 12.1 Å². The Labute approximate surface area is 152 Å². The zero-order valence-electron chi connectivity index (χ0n) is 14.6. The summed E-state index contributed by atoms with van der Waals surface area (Å²) in [7, 11) is 1.25. The van der Waals surface area contributed by atoms with E-state index < -0.39 is 24.2 Å². The average Bonchev–Trinajstić information content (AvgIpc) is 2.70. The molecule has 0 aliphatic rings. The number of nitrogens with one attached hydrogen (secondary N) is 1. The lowest BCUT2D eigenvalue weighted by Gasteiger charge is -2.18. The highest BCUT2D eigenvalue weighted by Crippen LogP contribution is 2.19. The first-order valence-corrected chi connectivity index (χ1v) is 8.38. The third-order valence-corrected chi connectivity index (χ3v) is 3.90. The second-order valence-electron chi connectivity index (χ2n) is 5.79. The normalized spacial score (nSPS) is 12.7. The molecule has 0 aliphatic heterocycles. The van der Waals surface area contributed by atoms with Crippen LogP contribution in [0, 0.1) is 0 Å². The summed E-state index contributed by atoms with van der Waals surface area (Å²) in [5, 5.41) is 12.7. The van der Waals surface area contributed by atoms with E-state index in [1.807, 2.05) is 48.5 Å². The summed E-state index contributed by atoms with van der Waals surface area (Å²) < 4.78 is 9.85.